The molecule has 2 aliphatic rings. The Morgan fingerprint density at radius 2 is 2.30 bits per heavy atom. The zero-order valence-electron chi connectivity index (χ0n) is 14.3. The lowest BCUT2D eigenvalue weighted by Crippen LogP contribution is -2.68. The molecule has 3 rings (SSSR count). The molecule has 6 nitrogen and oxygen atoms in total. The molecule has 2 heterocycles. The summed E-state index contributed by atoms with van der Waals surface area (Å²) in [6, 6.07) is 0. The molecule has 1 amide bonds. The summed E-state index contributed by atoms with van der Waals surface area (Å²) in [6.07, 6.45) is 5.35. The number of aliphatic hydroxyl groups is 1. The van der Waals surface area contributed by atoms with Gasteiger partial charge >= 0.3 is 0 Å². The number of hydrogen-bond acceptors (Lipinski definition) is 4. The molecule has 1 aromatic rings. The molecule has 2 atom stereocenters. The lowest BCUT2D eigenvalue weighted by atomic mass is 9.56. The molecule has 0 bridgehead atoms. The normalized spacial score (nSPS) is 28.8. The monoisotopic (exact) mass is 321 g/mol. The highest BCUT2D eigenvalue weighted by molar-refractivity contribution is 5.95. The van der Waals surface area contributed by atoms with Gasteiger partial charge in [0.05, 0.1) is 29.2 Å². The Bertz CT molecular complexity index is 596. The SMILES string of the molecule is CCO[C@@H]1C[C@@](O)(CNC(=O)c2cnn3c2CCCC3)C1(C)C. The predicted molar refractivity (Wildman–Crippen MR) is 86.3 cm³/mol. The molecule has 23 heavy (non-hydrogen) atoms. The van der Waals surface area contributed by atoms with Crippen molar-refractivity contribution in [3.05, 3.63) is 17.5 Å². The van der Waals surface area contributed by atoms with Gasteiger partial charge in [0.1, 0.15) is 0 Å². The first kappa shape index (κ1) is 16.5. The van der Waals surface area contributed by atoms with Gasteiger partial charge < -0.3 is 15.2 Å². The van der Waals surface area contributed by atoms with E-state index in [-0.39, 0.29) is 24.0 Å². The highest BCUT2D eigenvalue weighted by atomic mass is 16.5. The van der Waals surface area contributed by atoms with E-state index in [4.69, 9.17) is 4.74 Å². The maximum absolute atomic E-state index is 12.5. The Morgan fingerprint density at radius 3 is 3.00 bits per heavy atom. The van der Waals surface area contributed by atoms with E-state index in [1.807, 2.05) is 25.5 Å². The van der Waals surface area contributed by atoms with Gasteiger partial charge in [-0.15, -0.1) is 0 Å². The molecule has 1 saturated carbocycles. The van der Waals surface area contributed by atoms with Crippen LogP contribution in [0, 0.1) is 5.41 Å². The van der Waals surface area contributed by atoms with Crippen molar-refractivity contribution in [2.75, 3.05) is 13.2 Å². The Morgan fingerprint density at radius 1 is 1.52 bits per heavy atom. The zero-order valence-corrected chi connectivity index (χ0v) is 14.3. The van der Waals surface area contributed by atoms with Crippen LogP contribution in [-0.4, -0.2) is 45.7 Å². The van der Waals surface area contributed by atoms with E-state index in [9.17, 15) is 9.90 Å². The number of fused-ring (bicyclic) bond motifs is 1. The summed E-state index contributed by atoms with van der Waals surface area (Å²) < 4.78 is 7.58. The van der Waals surface area contributed by atoms with Crippen molar-refractivity contribution in [1.82, 2.24) is 15.1 Å². The number of carbonyl (C=O) groups is 1. The van der Waals surface area contributed by atoms with Crippen molar-refractivity contribution in [2.45, 2.75) is 64.7 Å². The molecule has 0 aromatic carbocycles. The van der Waals surface area contributed by atoms with Crippen molar-refractivity contribution in [3.8, 4) is 0 Å². The fraction of sp³-hybridized carbons (Fsp3) is 0.765. The topological polar surface area (TPSA) is 76.4 Å². The van der Waals surface area contributed by atoms with Crippen LogP contribution >= 0.6 is 0 Å². The van der Waals surface area contributed by atoms with Gasteiger partial charge in [-0.1, -0.05) is 13.8 Å². The molecule has 1 aliphatic carbocycles. The van der Waals surface area contributed by atoms with E-state index in [2.05, 4.69) is 10.4 Å². The first-order valence-corrected chi connectivity index (χ1v) is 8.56. The molecule has 1 fully saturated rings. The molecular weight excluding hydrogens is 294 g/mol. The van der Waals surface area contributed by atoms with E-state index in [0.29, 0.717) is 18.6 Å². The van der Waals surface area contributed by atoms with Crippen LogP contribution in [0.5, 0.6) is 0 Å². The third-order valence-electron chi connectivity index (χ3n) is 5.66. The van der Waals surface area contributed by atoms with Crippen LogP contribution in [-0.2, 0) is 17.7 Å². The number of nitrogens with zero attached hydrogens (tertiary/aromatic N) is 2. The first-order chi connectivity index (χ1) is 10.9. The van der Waals surface area contributed by atoms with Gasteiger partial charge in [-0.25, -0.2) is 0 Å². The number of carbonyl (C=O) groups excluding carboxylic acids is 1. The van der Waals surface area contributed by atoms with E-state index in [0.717, 1.165) is 31.5 Å². The average Bonchev–Trinajstić information content (AvgIpc) is 2.96. The van der Waals surface area contributed by atoms with Crippen molar-refractivity contribution >= 4 is 5.91 Å². The number of nitrogens with one attached hydrogen (secondary N) is 1. The summed E-state index contributed by atoms with van der Waals surface area (Å²) in [5, 5.41) is 18.0. The summed E-state index contributed by atoms with van der Waals surface area (Å²) in [5.74, 6) is -0.141. The van der Waals surface area contributed by atoms with Crippen molar-refractivity contribution < 1.29 is 14.6 Å². The van der Waals surface area contributed by atoms with Gasteiger partial charge in [0.2, 0.25) is 0 Å². The van der Waals surface area contributed by atoms with Crippen LogP contribution in [0.15, 0.2) is 6.20 Å². The second kappa shape index (κ2) is 5.91. The number of aromatic nitrogens is 2. The van der Waals surface area contributed by atoms with Gasteiger partial charge in [0.15, 0.2) is 0 Å². The lowest BCUT2D eigenvalue weighted by molar-refractivity contribution is -0.237. The van der Waals surface area contributed by atoms with Crippen LogP contribution in [0.3, 0.4) is 0 Å². The second-order valence-electron chi connectivity index (χ2n) is 7.27. The van der Waals surface area contributed by atoms with Crippen molar-refractivity contribution in [1.29, 1.82) is 0 Å². The summed E-state index contributed by atoms with van der Waals surface area (Å²) in [7, 11) is 0. The van der Waals surface area contributed by atoms with Gasteiger partial charge in [-0.2, -0.15) is 5.10 Å². The molecule has 0 radical (unpaired) electrons. The van der Waals surface area contributed by atoms with Crippen molar-refractivity contribution in [2.24, 2.45) is 5.41 Å². The molecule has 1 aromatic heterocycles. The third kappa shape index (κ3) is 2.68. The predicted octanol–water partition coefficient (Wildman–Crippen LogP) is 1.52. The summed E-state index contributed by atoms with van der Waals surface area (Å²) in [5.41, 5.74) is 0.373. The van der Waals surface area contributed by atoms with Crippen LogP contribution in [0.2, 0.25) is 0 Å². The molecule has 1 aliphatic heterocycles. The number of aryl methyl sites for hydroxylation is 1. The van der Waals surface area contributed by atoms with Gasteiger partial charge in [0, 0.05) is 31.5 Å². The summed E-state index contributed by atoms with van der Waals surface area (Å²) in [4.78, 5) is 12.5. The number of hydrogen-bond donors (Lipinski definition) is 2. The van der Waals surface area contributed by atoms with Crippen LogP contribution in [0.25, 0.3) is 0 Å². The molecule has 2 N–H and O–H groups in total. The molecule has 0 spiro atoms. The fourth-order valence-corrected chi connectivity index (χ4v) is 3.69. The molecular formula is C17H27N3O3. The summed E-state index contributed by atoms with van der Waals surface area (Å²) >= 11 is 0. The smallest absolute Gasteiger partial charge is 0.254 e. The van der Waals surface area contributed by atoms with Crippen LogP contribution in [0.4, 0.5) is 0 Å². The lowest BCUT2D eigenvalue weighted by Gasteiger charge is -2.57. The summed E-state index contributed by atoms with van der Waals surface area (Å²) in [6.45, 7) is 7.70. The van der Waals surface area contributed by atoms with Gasteiger partial charge in [-0.3, -0.25) is 9.48 Å². The third-order valence-corrected chi connectivity index (χ3v) is 5.66. The molecule has 0 saturated heterocycles. The Kier molecular flexibility index (Phi) is 4.23. The number of rotatable bonds is 5. The van der Waals surface area contributed by atoms with Gasteiger partial charge in [0.25, 0.3) is 5.91 Å². The highest BCUT2D eigenvalue weighted by Gasteiger charge is 2.59. The van der Waals surface area contributed by atoms with E-state index >= 15 is 0 Å². The minimum absolute atomic E-state index is 0.0401. The maximum Gasteiger partial charge on any atom is 0.254 e. The minimum atomic E-state index is -0.921. The number of ether oxygens (including phenoxy) is 1. The Balaban J connectivity index is 1.63. The van der Waals surface area contributed by atoms with Crippen molar-refractivity contribution in [3.63, 3.8) is 0 Å². The fourth-order valence-electron chi connectivity index (χ4n) is 3.69. The molecule has 0 unspecified atom stereocenters. The van der Waals surface area contributed by atoms with E-state index in [1.54, 1.807) is 6.20 Å². The number of amides is 1. The maximum atomic E-state index is 12.5. The van der Waals surface area contributed by atoms with Gasteiger partial charge in [-0.05, 0) is 26.2 Å². The van der Waals surface area contributed by atoms with E-state index in [1.165, 1.54) is 0 Å². The Hall–Kier alpha value is -1.40. The first-order valence-electron chi connectivity index (χ1n) is 8.56. The molecule has 128 valence electrons. The highest BCUT2D eigenvalue weighted by Crippen LogP contribution is 2.50. The standard InChI is InChI=1S/C17H27N3O3/c1-4-23-14-9-17(22,16(14,2)3)11-18-15(21)12-10-19-20-8-6-5-7-13(12)20/h10,14,22H,4-9,11H2,1-3H3,(H,18,21)/t14-,17-/m1/s1. The Labute approximate surface area is 137 Å². The zero-order chi connectivity index (χ0) is 16.7. The van der Waals surface area contributed by atoms with Crippen LogP contribution in [0.1, 0.15) is 56.1 Å². The quantitative estimate of drug-likeness (QED) is 0.862. The van der Waals surface area contributed by atoms with Crippen LogP contribution < -0.4 is 5.32 Å². The minimum Gasteiger partial charge on any atom is -0.387 e. The second-order valence-corrected chi connectivity index (χ2v) is 7.27. The average molecular weight is 321 g/mol. The van der Waals surface area contributed by atoms with E-state index < -0.39 is 5.60 Å². The largest absolute Gasteiger partial charge is 0.387 e. The molecule has 6 heteroatoms.